The quantitative estimate of drug-likeness (QED) is 0.849. The summed E-state index contributed by atoms with van der Waals surface area (Å²) in [5, 5.41) is 0. The van der Waals surface area contributed by atoms with Crippen molar-refractivity contribution in [2.75, 3.05) is 32.1 Å². The van der Waals surface area contributed by atoms with Gasteiger partial charge in [-0.2, -0.15) is 0 Å². The molecule has 0 bridgehead atoms. The lowest BCUT2D eigenvalue weighted by Crippen LogP contribution is -2.42. The highest BCUT2D eigenvalue weighted by molar-refractivity contribution is 5.44. The van der Waals surface area contributed by atoms with Crippen LogP contribution in [-0.2, 0) is 5.41 Å². The van der Waals surface area contributed by atoms with Gasteiger partial charge in [0.15, 0.2) is 0 Å². The number of piperidine rings is 1. The first-order valence-electron chi connectivity index (χ1n) is 8.88. The van der Waals surface area contributed by atoms with Crippen molar-refractivity contribution in [3.8, 4) is 0 Å². The number of fused-ring (bicyclic) bond motifs is 2. The summed E-state index contributed by atoms with van der Waals surface area (Å²) in [6.45, 7) is 4.11. The van der Waals surface area contributed by atoms with E-state index >= 15 is 0 Å². The zero-order valence-corrected chi connectivity index (χ0v) is 14.9. The fourth-order valence-corrected chi connectivity index (χ4v) is 4.48. The predicted octanol–water partition coefficient (Wildman–Crippen LogP) is 3.33. The Morgan fingerprint density at radius 3 is 2.42 bits per heavy atom. The van der Waals surface area contributed by atoms with Crippen LogP contribution in [0.5, 0.6) is 0 Å². The molecule has 0 saturated carbocycles. The van der Waals surface area contributed by atoms with E-state index in [9.17, 15) is 0 Å². The second-order valence-corrected chi connectivity index (χ2v) is 7.60. The summed E-state index contributed by atoms with van der Waals surface area (Å²) in [4.78, 5) is 13.7. The summed E-state index contributed by atoms with van der Waals surface area (Å²) in [7, 11) is 4.41. The van der Waals surface area contributed by atoms with Gasteiger partial charge in [0, 0.05) is 36.9 Å². The van der Waals surface area contributed by atoms with Crippen molar-refractivity contribution in [1.82, 2.24) is 14.9 Å². The number of benzene rings is 1. The molecule has 2 heterocycles. The molecule has 1 saturated heterocycles. The van der Waals surface area contributed by atoms with Crippen molar-refractivity contribution >= 4 is 5.95 Å². The maximum atomic E-state index is 4.51. The Balaban J connectivity index is 1.57. The first kappa shape index (κ1) is 15.6. The van der Waals surface area contributed by atoms with Gasteiger partial charge in [-0.1, -0.05) is 24.3 Å². The van der Waals surface area contributed by atoms with E-state index in [1.54, 1.807) is 5.56 Å². The predicted molar refractivity (Wildman–Crippen MR) is 97.4 cm³/mol. The number of hydrogen-bond donors (Lipinski definition) is 0. The molecule has 0 unspecified atom stereocenters. The smallest absolute Gasteiger partial charge is 0.225 e. The van der Waals surface area contributed by atoms with E-state index in [1.165, 1.54) is 24.8 Å². The normalized spacial score (nSPS) is 22.2. The molecule has 126 valence electrons. The first-order valence-corrected chi connectivity index (χ1v) is 8.88. The molecule has 2 aliphatic rings. The third kappa shape index (κ3) is 2.49. The van der Waals surface area contributed by atoms with Crippen LogP contribution in [0, 0.1) is 6.92 Å². The minimum Gasteiger partial charge on any atom is -0.341 e. The highest BCUT2D eigenvalue weighted by Gasteiger charge is 2.46. The molecule has 4 nitrogen and oxygen atoms in total. The summed E-state index contributed by atoms with van der Waals surface area (Å²) in [5.41, 5.74) is 4.55. The molecule has 1 aliphatic carbocycles. The molecule has 1 spiro atoms. The van der Waals surface area contributed by atoms with Crippen LogP contribution in [0.4, 0.5) is 5.95 Å². The van der Waals surface area contributed by atoms with Crippen molar-refractivity contribution in [3.05, 3.63) is 53.3 Å². The highest BCUT2D eigenvalue weighted by Crippen LogP contribution is 2.52. The van der Waals surface area contributed by atoms with Gasteiger partial charge in [0.1, 0.15) is 0 Å². The molecule has 1 aromatic carbocycles. The molecular formula is C20H26N4. The van der Waals surface area contributed by atoms with E-state index in [-0.39, 0.29) is 0 Å². The first-order chi connectivity index (χ1) is 11.6. The molecule has 24 heavy (non-hydrogen) atoms. The van der Waals surface area contributed by atoms with Crippen LogP contribution in [-0.4, -0.2) is 42.1 Å². The number of rotatable bonds is 2. The summed E-state index contributed by atoms with van der Waals surface area (Å²) in [6.07, 6.45) is 7.44. The second-order valence-electron chi connectivity index (χ2n) is 7.60. The third-order valence-corrected chi connectivity index (χ3v) is 5.87. The summed E-state index contributed by atoms with van der Waals surface area (Å²) >= 11 is 0. The lowest BCUT2D eigenvalue weighted by atomic mass is 9.73. The number of aryl methyl sites for hydroxylation is 1. The Labute approximate surface area is 144 Å². The van der Waals surface area contributed by atoms with E-state index in [2.05, 4.69) is 58.1 Å². The Kier molecular flexibility index (Phi) is 3.80. The Morgan fingerprint density at radius 2 is 1.75 bits per heavy atom. The van der Waals surface area contributed by atoms with Gasteiger partial charge >= 0.3 is 0 Å². The van der Waals surface area contributed by atoms with Crippen molar-refractivity contribution in [3.63, 3.8) is 0 Å². The van der Waals surface area contributed by atoms with Crippen LogP contribution in [0.15, 0.2) is 36.7 Å². The molecule has 4 rings (SSSR count). The van der Waals surface area contributed by atoms with E-state index in [4.69, 9.17) is 0 Å². The van der Waals surface area contributed by atoms with Crippen molar-refractivity contribution < 1.29 is 0 Å². The maximum absolute atomic E-state index is 4.51. The monoisotopic (exact) mass is 322 g/mol. The largest absolute Gasteiger partial charge is 0.341 e. The molecule has 4 heteroatoms. The van der Waals surface area contributed by atoms with Gasteiger partial charge in [-0.25, -0.2) is 9.97 Å². The van der Waals surface area contributed by atoms with Crippen LogP contribution in [0.3, 0.4) is 0 Å². The van der Waals surface area contributed by atoms with E-state index in [0.717, 1.165) is 24.6 Å². The minimum absolute atomic E-state index is 0.326. The SMILES string of the molecule is Cc1cnc(N2CCC3(CC2)C[C@@H](N(C)C)c2ccccc23)nc1. The molecule has 0 radical (unpaired) electrons. The van der Waals surface area contributed by atoms with E-state index < -0.39 is 0 Å². The van der Waals surface area contributed by atoms with Gasteiger partial charge in [0.2, 0.25) is 5.95 Å². The van der Waals surface area contributed by atoms with Gasteiger partial charge in [-0.05, 0) is 57.0 Å². The van der Waals surface area contributed by atoms with Crippen molar-refractivity contribution in [2.24, 2.45) is 0 Å². The minimum atomic E-state index is 0.326. The van der Waals surface area contributed by atoms with E-state index in [1.807, 2.05) is 19.3 Å². The molecule has 1 fully saturated rings. The number of anilines is 1. The van der Waals surface area contributed by atoms with Gasteiger partial charge in [-0.3, -0.25) is 0 Å². The topological polar surface area (TPSA) is 32.3 Å². The number of aromatic nitrogens is 2. The van der Waals surface area contributed by atoms with E-state index in [0.29, 0.717) is 11.5 Å². The molecule has 1 aliphatic heterocycles. The van der Waals surface area contributed by atoms with Gasteiger partial charge < -0.3 is 9.80 Å². The maximum Gasteiger partial charge on any atom is 0.225 e. The summed E-state index contributed by atoms with van der Waals surface area (Å²) in [5.74, 6) is 0.880. The van der Waals surface area contributed by atoms with Crippen LogP contribution in [0.2, 0.25) is 0 Å². The average molecular weight is 322 g/mol. The van der Waals surface area contributed by atoms with Crippen molar-refractivity contribution in [2.45, 2.75) is 37.6 Å². The lowest BCUT2D eigenvalue weighted by Gasteiger charge is -2.40. The number of nitrogens with zero attached hydrogens (tertiary/aromatic N) is 4. The molecule has 1 atom stereocenters. The molecular weight excluding hydrogens is 296 g/mol. The van der Waals surface area contributed by atoms with Gasteiger partial charge in [-0.15, -0.1) is 0 Å². The third-order valence-electron chi connectivity index (χ3n) is 5.87. The van der Waals surface area contributed by atoms with Gasteiger partial charge in [0.25, 0.3) is 0 Å². The second kappa shape index (κ2) is 5.85. The molecule has 0 amide bonds. The summed E-state index contributed by atoms with van der Waals surface area (Å²) in [6, 6.07) is 9.61. The molecule has 1 aromatic heterocycles. The molecule has 0 N–H and O–H groups in total. The van der Waals surface area contributed by atoms with Crippen LogP contribution >= 0.6 is 0 Å². The lowest BCUT2D eigenvalue weighted by molar-refractivity contribution is 0.230. The van der Waals surface area contributed by atoms with Crippen LogP contribution in [0.1, 0.15) is 42.0 Å². The fourth-order valence-electron chi connectivity index (χ4n) is 4.48. The van der Waals surface area contributed by atoms with Crippen LogP contribution in [0.25, 0.3) is 0 Å². The fraction of sp³-hybridized carbons (Fsp3) is 0.500. The van der Waals surface area contributed by atoms with Crippen molar-refractivity contribution in [1.29, 1.82) is 0 Å². The number of hydrogen-bond acceptors (Lipinski definition) is 4. The molecule has 2 aromatic rings. The zero-order valence-electron chi connectivity index (χ0n) is 14.9. The highest BCUT2D eigenvalue weighted by atomic mass is 15.3. The zero-order chi connectivity index (χ0) is 16.7. The Morgan fingerprint density at radius 1 is 1.08 bits per heavy atom. The van der Waals surface area contributed by atoms with Crippen LogP contribution < -0.4 is 4.90 Å². The van der Waals surface area contributed by atoms with Gasteiger partial charge in [0.05, 0.1) is 0 Å². The summed E-state index contributed by atoms with van der Waals surface area (Å²) < 4.78 is 0. The average Bonchev–Trinajstić information content (AvgIpc) is 2.92. The Bertz CT molecular complexity index is 715. The standard InChI is InChI=1S/C20H26N4/c1-15-13-21-19(22-14-15)24-10-8-20(9-11-24)12-18(23(2)3)16-6-4-5-7-17(16)20/h4-7,13-14,18H,8-12H2,1-3H3/t18-/m1/s1. The Hall–Kier alpha value is -1.94.